The van der Waals surface area contributed by atoms with Crippen LogP contribution in [-0.4, -0.2) is 50.7 Å². The van der Waals surface area contributed by atoms with Crippen LogP contribution in [0.25, 0.3) is 11.1 Å². The molecule has 33 heavy (non-hydrogen) atoms. The highest BCUT2D eigenvalue weighted by atomic mass is 35.5. The quantitative estimate of drug-likeness (QED) is 0.507. The van der Waals surface area contributed by atoms with Crippen molar-refractivity contribution in [2.45, 2.75) is 25.0 Å². The maximum atomic E-state index is 12.8. The number of amides is 1. The molecule has 0 unspecified atom stereocenters. The molecular formula is C25H24ClN3O4. The Hall–Kier alpha value is -3.26. The van der Waals surface area contributed by atoms with Gasteiger partial charge in [-0.3, -0.25) is 9.69 Å². The fourth-order valence-electron chi connectivity index (χ4n) is 4.01. The molecule has 1 aliphatic rings. The third-order valence-corrected chi connectivity index (χ3v) is 6.16. The number of aliphatic hydroxyl groups is 1. The Kier molecular flexibility index (Phi) is 6.74. The van der Waals surface area contributed by atoms with Crippen LogP contribution in [0.3, 0.4) is 0 Å². The zero-order valence-electron chi connectivity index (χ0n) is 17.9. The number of aliphatic carboxylic acids is 1. The van der Waals surface area contributed by atoms with E-state index in [0.717, 1.165) is 16.7 Å². The first-order chi connectivity index (χ1) is 15.9. The molecule has 170 valence electrons. The van der Waals surface area contributed by atoms with Crippen LogP contribution >= 0.6 is 11.6 Å². The Morgan fingerprint density at radius 1 is 1.09 bits per heavy atom. The lowest BCUT2D eigenvalue weighted by Gasteiger charge is -2.36. The van der Waals surface area contributed by atoms with E-state index in [1.165, 1.54) is 0 Å². The van der Waals surface area contributed by atoms with Crippen molar-refractivity contribution in [2.75, 3.05) is 18.4 Å². The molecule has 1 fully saturated rings. The van der Waals surface area contributed by atoms with Crippen molar-refractivity contribution in [2.24, 2.45) is 0 Å². The number of carboxylic acids is 1. The van der Waals surface area contributed by atoms with Gasteiger partial charge in [0.05, 0.1) is 10.6 Å². The molecule has 0 bridgehead atoms. The lowest BCUT2D eigenvalue weighted by Crippen LogP contribution is -2.52. The molecule has 3 aromatic rings. The van der Waals surface area contributed by atoms with E-state index in [9.17, 15) is 19.8 Å². The third-order valence-electron chi connectivity index (χ3n) is 5.75. The summed E-state index contributed by atoms with van der Waals surface area (Å²) in [6.07, 6.45) is 2.48. The number of halogens is 1. The van der Waals surface area contributed by atoms with Gasteiger partial charge in [0.1, 0.15) is 5.82 Å². The molecule has 2 aromatic carbocycles. The summed E-state index contributed by atoms with van der Waals surface area (Å²) in [5.74, 6) is -1.18. The highest BCUT2D eigenvalue weighted by Crippen LogP contribution is 2.31. The molecule has 1 aliphatic heterocycles. The van der Waals surface area contributed by atoms with E-state index in [1.807, 2.05) is 47.4 Å². The average molecular weight is 466 g/mol. The Morgan fingerprint density at radius 3 is 2.58 bits per heavy atom. The molecule has 1 amide bonds. The van der Waals surface area contributed by atoms with Gasteiger partial charge in [0.25, 0.3) is 5.91 Å². The third kappa shape index (κ3) is 5.22. The van der Waals surface area contributed by atoms with Gasteiger partial charge in [-0.15, -0.1) is 0 Å². The van der Waals surface area contributed by atoms with Crippen LogP contribution in [0.4, 0.5) is 5.82 Å². The second kappa shape index (κ2) is 9.70. The average Bonchev–Trinajstić information content (AvgIpc) is 2.81. The van der Waals surface area contributed by atoms with E-state index in [4.69, 9.17) is 11.6 Å². The van der Waals surface area contributed by atoms with Crippen LogP contribution in [0, 0.1) is 0 Å². The molecule has 0 spiro atoms. The molecule has 1 aromatic heterocycles. The molecule has 0 saturated carbocycles. The van der Waals surface area contributed by atoms with Gasteiger partial charge in [0, 0.05) is 24.8 Å². The first-order valence-corrected chi connectivity index (χ1v) is 11.0. The number of pyridine rings is 1. The van der Waals surface area contributed by atoms with Gasteiger partial charge in [0.2, 0.25) is 0 Å². The summed E-state index contributed by atoms with van der Waals surface area (Å²) in [6.45, 7) is 1.23. The number of anilines is 1. The van der Waals surface area contributed by atoms with E-state index in [2.05, 4.69) is 10.3 Å². The van der Waals surface area contributed by atoms with Crippen molar-refractivity contribution >= 4 is 29.3 Å². The summed E-state index contributed by atoms with van der Waals surface area (Å²) in [4.78, 5) is 30.4. The van der Waals surface area contributed by atoms with Crippen molar-refractivity contribution in [3.63, 3.8) is 0 Å². The normalized spacial score (nSPS) is 18.6. The number of carbonyl (C=O) groups excluding carboxylic acids is 1. The summed E-state index contributed by atoms with van der Waals surface area (Å²) >= 11 is 6.53. The minimum Gasteiger partial charge on any atom is -0.479 e. The number of β-amino-alcohol motifs (C(OH)–C–C–N with tert-alkyl or cyclic N) is 1. The number of nitrogens with zero attached hydrogens (tertiary/aromatic N) is 2. The second-order valence-electron chi connectivity index (χ2n) is 8.19. The first-order valence-electron chi connectivity index (χ1n) is 10.6. The van der Waals surface area contributed by atoms with Crippen molar-refractivity contribution < 1.29 is 19.8 Å². The van der Waals surface area contributed by atoms with Crippen molar-refractivity contribution in [3.8, 4) is 11.1 Å². The SMILES string of the molecule is O=C(Nc1ccc(CN2CCC[C@](O)(C(=O)O)C2)cn1)c1cccc(-c2ccccc2)c1Cl. The van der Waals surface area contributed by atoms with Crippen molar-refractivity contribution in [1.82, 2.24) is 9.88 Å². The van der Waals surface area contributed by atoms with Crippen LogP contribution in [0.15, 0.2) is 66.9 Å². The number of hydrogen-bond acceptors (Lipinski definition) is 5. The highest BCUT2D eigenvalue weighted by molar-refractivity contribution is 6.37. The maximum Gasteiger partial charge on any atom is 0.337 e. The summed E-state index contributed by atoms with van der Waals surface area (Å²) in [7, 11) is 0. The first kappa shape index (κ1) is 22.9. The van der Waals surface area contributed by atoms with E-state index in [1.54, 1.807) is 24.4 Å². The largest absolute Gasteiger partial charge is 0.479 e. The second-order valence-corrected chi connectivity index (χ2v) is 8.57. The predicted molar refractivity (Wildman–Crippen MR) is 126 cm³/mol. The zero-order chi connectivity index (χ0) is 23.4. The Morgan fingerprint density at radius 2 is 1.88 bits per heavy atom. The fourth-order valence-corrected chi connectivity index (χ4v) is 4.34. The summed E-state index contributed by atoms with van der Waals surface area (Å²) in [6, 6.07) is 18.4. The zero-order valence-corrected chi connectivity index (χ0v) is 18.6. The number of piperidine rings is 1. The Bertz CT molecular complexity index is 1150. The van der Waals surface area contributed by atoms with Crippen molar-refractivity contribution in [1.29, 1.82) is 0 Å². The molecular weight excluding hydrogens is 442 g/mol. The van der Waals surface area contributed by atoms with Crippen LogP contribution < -0.4 is 5.32 Å². The smallest absolute Gasteiger partial charge is 0.337 e. The number of nitrogens with one attached hydrogen (secondary N) is 1. The number of rotatable bonds is 6. The van der Waals surface area contributed by atoms with Gasteiger partial charge in [-0.2, -0.15) is 0 Å². The number of likely N-dealkylation sites (tertiary alicyclic amines) is 1. The van der Waals surface area contributed by atoms with Gasteiger partial charge in [0.15, 0.2) is 5.60 Å². The predicted octanol–water partition coefficient (Wildman–Crippen LogP) is 4.07. The van der Waals surface area contributed by atoms with E-state index >= 15 is 0 Å². The Labute approximate surface area is 196 Å². The van der Waals surface area contributed by atoms with E-state index in [0.29, 0.717) is 35.9 Å². The van der Waals surface area contributed by atoms with Crippen LogP contribution in [0.5, 0.6) is 0 Å². The summed E-state index contributed by atoms with van der Waals surface area (Å²) in [5, 5.41) is 22.6. The molecule has 3 N–H and O–H groups in total. The van der Waals surface area contributed by atoms with Gasteiger partial charge >= 0.3 is 5.97 Å². The highest BCUT2D eigenvalue weighted by Gasteiger charge is 2.40. The molecule has 4 rings (SSSR count). The minimum absolute atomic E-state index is 0.0665. The van der Waals surface area contributed by atoms with Gasteiger partial charge in [-0.25, -0.2) is 9.78 Å². The van der Waals surface area contributed by atoms with Crippen molar-refractivity contribution in [3.05, 3.63) is 83.0 Å². The molecule has 7 nitrogen and oxygen atoms in total. The number of benzene rings is 2. The minimum atomic E-state index is -1.72. The molecule has 8 heteroatoms. The standard InChI is InChI=1S/C25H24ClN3O4/c26-22-19(18-6-2-1-3-7-18)8-4-9-20(22)23(30)28-21-11-10-17(14-27-21)15-29-13-5-12-25(33,16-29)24(31)32/h1-4,6-11,14,33H,5,12-13,15-16H2,(H,31,32)(H,27,28,30)/t25-/m1/s1. The summed E-state index contributed by atoms with van der Waals surface area (Å²) < 4.78 is 0. The molecule has 0 aliphatic carbocycles. The van der Waals surface area contributed by atoms with Crippen LogP contribution in [0.1, 0.15) is 28.8 Å². The maximum absolute atomic E-state index is 12.8. The van der Waals surface area contributed by atoms with Crippen LogP contribution in [-0.2, 0) is 11.3 Å². The molecule has 0 radical (unpaired) electrons. The molecule has 1 saturated heterocycles. The van der Waals surface area contributed by atoms with Gasteiger partial charge in [-0.05, 0) is 42.6 Å². The van der Waals surface area contributed by atoms with E-state index in [-0.39, 0.29) is 18.9 Å². The lowest BCUT2D eigenvalue weighted by atomic mass is 9.93. The monoisotopic (exact) mass is 465 g/mol. The number of hydrogen-bond donors (Lipinski definition) is 3. The number of carboxylic acid groups (broad SMARTS) is 1. The number of carbonyl (C=O) groups is 2. The molecule has 1 atom stereocenters. The van der Waals surface area contributed by atoms with Crippen LogP contribution in [0.2, 0.25) is 5.02 Å². The Balaban J connectivity index is 1.42. The van der Waals surface area contributed by atoms with E-state index < -0.39 is 11.6 Å². The fraction of sp³-hybridized carbons (Fsp3) is 0.240. The lowest BCUT2D eigenvalue weighted by molar-refractivity contribution is -0.164. The topological polar surface area (TPSA) is 103 Å². The number of aromatic nitrogens is 1. The molecule has 2 heterocycles. The van der Waals surface area contributed by atoms with Gasteiger partial charge < -0.3 is 15.5 Å². The van der Waals surface area contributed by atoms with Gasteiger partial charge in [-0.1, -0.05) is 60.1 Å². The summed E-state index contributed by atoms with van der Waals surface area (Å²) in [5.41, 5.74) is 1.19.